The molecule has 1 fully saturated rings. The van der Waals surface area contributed by atoms with Gasteiger partial charge < -0.3 is 20.5 Å². The molecule has 1 aliphatic carbocycles. The summed E-state index contributed by atoms with van der Waals surface area (Å²) >= 11 is 5.85. The highest BCUT2D eigenvalue weighted by atomic mass is 35.5. The van der Waals surface area contributed by atoms with Gasteiger partial charge in [-0.2, -0.15) is 0 Å². The normalized spacial score (nSPS) is 21.6. The molecule has 2 amide bonds. The number of ether oxygens (including phenoxy) is 1. The van der Waals surface area contributed by atoms with E-state index in [-0.39, 0.29) is 18.2 Å². The Balaban J connectivity index is 1.59. The Morgan fingerprint density at radius 1 is 1.33 bits per heavy atom. The van der Waals surface area contributed by atoms with Gasteiger partial charge in [0, 0.05) is 11.1 Å². The summed E-state index contributed by atoms with van der Waals surface area (Å²) in [5.74, 6) is 0.686. The first kappa shape index (κ1) is 15.9. The Hall–Kier alpha value is -1.46. The summed E-state index contributed by atoms with van der Waals surface area (Å²) in [7, 11) is 0. The first-order valence-corrected chi connectivity index (χ1v) is 7.62. The summed E-state index contributed by atoms with van der Waals surface area (Å²) in [6.07, 6.45) is 2.95. The van der Waals surface area contributed by atoms with E-state index in [0.29, 0.717) is 23.9 Å². The van der Waals surface area contributed by atoms with Crippen molar-refractivity contribution < 1.29 is 14.6 Å². The first-order valence-electron chi connectivity index (χ1n) is 7.24. The van der Waals surface area contributed by atoms with Crippen molar-refractivity contribution in [3.63, 3.8) is 0 Å². The average molecular weight is 313 g/mol. The number of nitrogens with one attached hydrogen (secondary N) is 2. The molecule has 0 aromatic heterocycles. The van der Waals surface area contributed by atoms with E-state index in [9.17, 15) is 9.90 Å². The van der Waals surface area contributed by atoms with Crippen molar-refractivity contribution in [3.8, 4) is 5.75 Å². The Morgan fingerprint density at radius 3 is 2.81 bits per heavy atom. The van der Waals surface area contributed by atoms with E-state index < -0.39 is 0 Å². The molecule has 1 saturated carbocycles. The summed E-state index contributed by atoms with van der Waals surface area (Å²) in [4.78, 5) is 11.7. The minimum atomic E-state index is -0.211. The largest absolute Gasteiger partial charge is 0.492 e. The van der Waals surface area contributed by atoms with Crippen molar-refractivity contribution in [1.29, 1.82) is 0 Å². The Morgan fingerprint density at radius 2 is 2.10 bits per heavy atom. The molecule has 1 aromatic carbocycles. The predicted octanol–water partition coefficient (Wildman–Crippen LogP) is 2.32. The van der Waals surface area contributed by atoms with E-state index in [2.05, 4.69) is 10.6 Å². The van der Waals surface area contributed by atoms with E-state index in [1.807, 2.05) is 12.1 Å². The summed E-state index contributed by atoms with van der Waals surface area (Å²) < 4.78 is 5.48. The first-order chi connectivity index (χ1) is 10.1. The fourth-order valence-corrected chi connectivity index (χ4v) is 2.53. The Kier molecular flexibility index (Phi) is 6.14. The molecule has 0 radical (unpaired) electrons. The summed E-state index contributed by atoms with van der Waals surface area (Å²) in [5, 5.41) is 15.7. The molecule has 6 heteroatoms. The van der Waals surface area contributed by atoms with E-state index in [0.717, 1.165) is 25.7 Å². The maximum atomic E-state index is 11.7. The van der Waals surface area contributed by atoms with Gasteiger partial charge in [0.1, 0.15) is 12.4 Å². The fraction of sp³-hybridized carbons (Fsp3) is 0.533. The summed E-state index contributed by atoms with van der Waals surface area (Å²) in [6.45, 7) is 0.810. The van der Waals surface area contributed by atoms with Crippen molar-refractivity contribution >= 4 is 17.6 Å². The molecule has 21 heavy (non-hydrogen) atoms. The molecule has 0 aliphatic heterocycles. The number of benzene rings is 1. The van der Waals surface area contributed by atoms with Crippen LogP contribution in [0.1, 0.15) is 25.7 Å². The Labute approximate surface area is 129 Å². The highest BCUT2D eigenvalue weighted by Crippen LogP contribution is 2.18. The number of amides is 2. The molecule has 0 atom stereocenters. The smallest absolute Gasteiger partial charge is 0.315 e. The topological polar surface area (TPSA) is 70.6 Å². The standard InChI is InChI=1S/C15H21ClN2O3/c16-11-2-1-3-14(10-11)21-9-8-17-15(20)18-12-4-6-13(19)7-5-12/h1-3,10,12-13,19H,4-9H2,(H2,17,18,20). The molecule has 1 aliphatic rings. The zero-order valence-electron chi connectivity index (χ0n) is 11.8. The van der Waals surface area contributed by atoms with Crippen molar-refractivity contribution in [3.05, 3.63) is 29.3 Å². The Bertz CT molecular complexity index is 462. The molecular weight excluding hydrogens is 292 g/mol. The third-order valence-corrected chi connectivity index (χ3v) is 3.72. The van der Waals surface area contributed by atoms with Crippen molar-refractivity contribution in [2.45, 2.75) is 37.8 Å². The highest BCUT2D eigenvalue weighted by Gasteiger charge is 2.20. The van der Waals surface area contributed by atoms with Crippen molar-refractivity contribution in [2.24, 2.45) is 0 Å². The van der Waals surface area contributed by atoms with Crippen LogP contribution < -0.4 is 15.4 Å². The van der Waals surface area contributed by atoms with Gasteiger partial charge in [0.05, 0.1) is 12.6 Å². The van der Waals surface area contributed by atoms with Crippen molar-refractivity contribution in [2.75, 3.05) is 13.2 Å². The van der Waals surface area contributed by atoms with Crippen LogP contribution in [0, 0.1) is 0 Å². The lowest BCUT2D eigenvalue weighted by Crippen LogP contribution is -2.45. The molecule has 1 aromatic rings. The minimum Gasteiger partial charge on any atom is -0.492 e. The average Bonchev–Trinajstić information content (AvgIpc) is 2.46. The maximum Gasteiger partial charge on any atom is 0.315 e. The number of urea groups is 1. The second-order valence-electron chi connectivity index (χ2n) is 5.21. The number of carbonyl (C=O) groups excluding carboxylic acids is 1. The van der Waals surface area contributed by atoms with Gasteiger partial charge in [0.2, 0.25) is 0 Å². The van der Waals surface area contributed by atoms with Gasteiger partial charge in [-0.25, -0.2) is 4.79 Å². The molecule has 116 valence electrons. The number of carbonyl (C=O) groups is 1. The summed E-state index contributed by atoms with van der Waals surface area (Å²) in [6, 6.07) is 7.11. The van der Waals surface area contributed by atoms with E-state index in [1.165, 1.54) is 0 Å². The van der Waals surface area contributed by atoms with Crippen LogP contribution in [-0.4, -0.2) is 36.4 Å². The third-order valence-electron chi connectivity index (χ3n) is 3.48. The predicted molar refractivity (Wildman–Crippen MR) is 81.7 cm³/mol. The maximum absolute atomic E-state index is 11.7. The van der Waals surface area contributed by atoms with Gasteiger partial charge in [-0.1, -0.05) is 17.7 Å². The molecule has 0 heterocycles. The van der Waals surface area contributed by atoms with Gasteiger partial charge in [-0.3, -0.25) is 0 Å². The summed E-state index contributed by atoms with van der Waals surface area (Å²) in [5.41, 5.74) is 0. The molecular formula is C15H21ClN2O3. The number of hydrogen-bond donors (Lipinski definition) is 3. The van der Waals surface area contributed by atoms with Crippen LogP contribution in [0.3, 0.4) is 0 Å². The van der Waals surface area contributed by atoms with Crippen LogP contribution in [0.2, 0.25) is 5.02 Å². The molecule has 5 nitrogen and oxygen atoms in total. The second kappa shape index (κ2) is 8.10. The monoisotopic (exact) mass is 312 g/mol. The zero-order valence-corrected chi connectivity index (χ0v) is 12.6. The second-order valence-corrected chi connectivity index (χ2v) is 5.65. The van der Waals surface area contributed by atoms with Crippen LogP contribution in [-0.2, 0) is 0 Å². The lowest BCUT2D eigenvalue weighted by Gasteiger charge is -2.26. The number of aliphatic hydroxyl groups excluding tert-OH is 1. The van der Waals surface area contributed by atoms with Gasteiger partial charge in [0.15, 0.2) is 0 Å². The van der Waals surface area contributed by atoms with E-state index >= 15 is 0 Å². The van der Waals surface area contributed by atoms with Gasteiger partial charge in [-0.15, -0.1) is 0 Å². The fourth-order valence-electron chi connectivity index (χ4n) is 2.35. The SMILES string of the molecule is O=C(NCCOc1cccc(Cl)c1)NC1CCC(O)CC1. The molecule has 2 rings (SSSR count). The molecule has 0 bridgehead atoms. The van der Waals surface area contributed by atoms with Crippen LogP contribution in [0.25, 0.3) is 0 Å². The lowest BCUT2D eigenvalue weighted by atomic mass is 9.93. The van der Waals surface area contributed by atoms with Crippen molar-refractivity contribution in [1.82, 2.24) is 10.6 Å². The quantitative estimate of drug-likeness (QED) is 0.731. The van der Waals surface area contributed by atoms with E-state index in [1.54, 1.807) is 12.1 Å². The van der Waals surface area contributed by atoms with Crippen LogP contribution in [0.4, 0.5) is 4.79 Å². The molecule has 0 spiro atoms. The minimum absolute atomic E-state index is 0.155. The molecule has 0 saturated heterocycles. The highest BCUT2D eigenvalue weighted by molar-refractivity contribution is 6.30. The van der Waals surface area contributed by atoms with E-state index in [4.69, 9.17) is 16.3 Å². The van der Waals surface area contributed by atoms with Gasteiger partial charge >= 0.3 is 6.03 Å². The van der Waals surface area contributed by atoms with Gasteiger partial charge in [-0.05, 0) is 43.9 Å². The molecule has 3 N–H and O–H groups in total. The number of halogens is 1. The number of rotatable bonds is 5. The van der Waals surface area contributed by atoms with Crippen LogP contribution >= 0.6 is 11.6 Å². The lowest BCUT2D eigenvalue weighted by molar-refractivity contribution is 0.117. The van der Waals surface area contributed by atoms with Crippen LogP contribution in [0.15, 0.2) is 24.3 Å². The zero-order chi connectivity index (χ0) is 15.1. The number of aliphatic hydroxyl groups is 1. The third kappa shape index (κ3) is 5.81. The number of hydrogen-bond acceptors (Lipinski definition) is 3. The van der Waals surface area contributed by atoms with Crippen LogP contribution in [0.5, 0.6) is 5.75 Å². The molecule has 0 unspecified atom stereocenters. The van der Waals surface area contributed by atoms with Gasteiger partial charge in [0.25, 0.3) is 0 Å².